The van der Waals surface area contributed by atoms with Gasteiger partial charge in [-0.2, -0.15) is 0 Å². The van der Waals surface area contributed by atoms with Crippen molar-refractivity contribution < 1.29 is 14.9 Å². The van der Waals surface area contributed by atoms with E-state index in [1.165, 1.54) is 0 Å². The molecule has 3 heteroatoms. The SMILES string of the molecule is C=C[C@@]1(C)CC[C@@H]2[C@]3(C)CCC[C@](C)(CO)[C@@H]3[C@H](O)[C@H]3O[C@]32C1. The predicted molar refractivity (Wildman–Crippen MR) is 89.9 cm³/mol. The Bertz CT molecular complexity index is 533. The first-order chi connectivity index (χ1) is 10.7. The summed E-state index contributed by atoms with van der Waals surface area (Å²) in [7, 11) is 0. The molecule has 4 rings (SSSR count). The van der Waals surface area contributed by atoms with Gasteiger partial charge in [-0.25, -0.2) is 0 Å². The molecule has 1 aliphatic heterocycles. The van der Waals surface area contributed by atoms with Crippen LogP contribution in [0.3, 0.4) is 0 Å². The highest BCUT2D eigenvalue weighted by molar-refractivity contribution is 5.26. The number of fused-ring (bicyclic) bond motifs is 2. The van der Waals surface area contributed by atoms with Gasteiger partial charge in [-0.1, -0.05) is 33.3 Å². The molecule has 0 bridgehead atoms. The molecule has 130 valence electrons. The third-order valence-electron chi connectivity index (χ3n) is 8.27. The van der Waals surface area contributed by atoms with E-state index in [0.29, 0.717) is 5.92 Å². The lowest BCUT2D eigenvalue weighted by atomic mass is 9.42. The quantitative estimate of drug-likeness (QED) is 0.606. The molecule has 8 atom stereocenters. The molecule has 4 fully saturated rings. The molecular formula is C20H32O3. The minimum atomic E-state index is -0.444. The van der Waals surface area contributed by atoms with Gasteiger partial charge in [0, 0.05) is 12.5 Å². The van der Waals surface area contributed by atoms with Crippen LogP contribution in [0.5, 0.6) is 0 Å². The average Bonchev–Trinajstić information content (AvgIpc) is 3.20. The van der Waals surface area contributed by atoms with E-state index >= 15 is 0 Å². The number of hydrogen-bond donors (Lipinski definition) is 2. The van der Waals surface area contributed by atoms with Gasteiger partial charge in [-0.15, -0.1) is 6.58 Å². The van der Waals surface area contributed by atoms with Gasteiger partial charge in [0.25, 0.3) is 0 Å². The number of allylic oxidation sites excluding steroid dienone is 1. The predicted octanol–water partition coefficient (Wildman–Crippen LogP) is 3.30. The van der Waals surface area contributed by atoms with Crippen molar-refractivity contribution in [2.75, 3.05) is 6.61 Å². The minimum Gasteiger partial charge on any atom is -0.396 e. The summed E-state index contributed by atoms with van der Waals surface area (Å²) < 4.78 is 6.29. The summed E-state index contributed by atoms with van der Waals surface area (Å²) in [5.41, 5.74) is -0.114. The van der Waals surface area contributed by atoms with Crippen LogP contribution in [0.1, 0.15) is 59.3 Å². The van der Waals surface area contributed by atoms with E-state index in [4.69, 9.17) is 4.74 Å². The van der Waals surface area contributed by atoms with Crippen LogP contribution in [0.2, 0.25) is 0 Å². The van der Waals surface area contributed by atoms with Crippen molar-refractivity contribution in [1.82, 2.24) is 0 Å². The minimum absolute atomic E-state index is 0.0332. The lowest BCUT2D eigenvalue weighted by Crippen LogP contribution is -2.64. The number of ether oxygens (including phenoxy) is 1. The normalized spacial score (nSPS) is 61.1. The maximum absolute atomic E-state index is 11.2. The van der Waals surface area contributed by atoms with Crippen LogP contribution in [0.15, 0.2) is 12.7 Å². The van der Waals surface area contributed by atoms with Gasteiger partial charge in [0.15, 0.2) is 0 Å². The Balaban J connectivity index is 1.75. The summed E-state index contributed by atoms with van der Waals surface area (Å²) in [4.78, 5) is 0. The van der Waals surface area contributed by atoms with E-state index in [0.717, 1.165) is 38.5 Å². The molecule has 0 radical (unpaired) electrons. The smallest absolute Gasteiger partial charge is 0.114 e. The lowest BCUT2D eigenvalue weighted by Gasteiger charge is -2.61. The van der Waals surface area contributed by atoms with Gasteiger partial charge in [-0.3, -0.25) is 0 Å². The summed E-state index contributed by atoms with van der Waals surface area (Å²) in [5.74, 6) is 0.653. The lowest BCUT2D eigenvalue weighted by molar-refractivity contribution is -0.167. The molecule has 1 spiro atoms. The third-order valence-corrected chi connectivity index (χ3v) is 8.27. The van der Waals surface area contributed by atoms with E-state index in [1.54, 1.807) is 0 Å². The summed E-state index contributed by atoms with van der Waals surface area (Å²) in [6.07, 6.45) is 8.23. The highest BCUT2D eigenvalue weighted by Gasteiger charge is 2.77. The van der Waals surface area contributed by atoms with Crippen molar-refractivity contribution in [2.45, 2.75) is 77.1 Å². The molecule has 2 N–H and O–H groups in total. The van der Waals surface area contributed by atoms with E-state index in [1.807, 2.05) is 0 Å². The molecule has 0 aromatic carbocycles. The van der Waals surface area contributed by atoms with Crippen LogP contribution < -0.4 is 0 Å². The summed E-state index contributed by atoms with van der Waals surface area (Å²) in [5, 5.41) is 21.2. The standard InChI is InChI=1S/C20H32O3/c1-5-17(2)10-7-13-19(4)9-6-8-18(3,12-21)15(19)14(22)16-20(13,11-17)23-16/h5,13-16,21-22H,1,6-12H2,2-4H3/t13-,14+,15+,16-,17+,18-,19+,20+/m1/s1. The van der Waals surface area contributed by atoms with Crippen molar-refractivity contribution >= 4 is 0 Å². The maximum Gasteiger partial charge on any atom is 0.114 e. The Hall–Kier alpha value is -0.380. The van der Waals surface area contributed by atoms with Crippen LogP contribution in [-0.4, -0.2) is 34.6 Å². The maximum atomic E-state index is 11.2. The largest absolute Gasteiger partial charge is 0.396 e. The van der Waals surface area contributed by atoms with Crippen LogP contribution >= 0.6 is 0 Å². The number of aliphatic hydroxyl groups is 2. The monoisotopic (exact) mass is 320 g/mol. The average molecular weight is 320 g/mol. The van der Waals surface area contributed by atoms with Gasteiger partial charge in [0.05, 0.1) is 6.10 Å². The first kappa shape index (κ1) is 16.1. The van der Waals surface area contributed by atoms with Crippen molar-refractivity contribution in [3.63, 3.8) is 0 Å². The molecule has 4 aliphatic rings. The molecule has 3 aliphatic carbocycles. The number of hydrogen-bond acceptors (Lipinski definition) is 3. The van der Waals surface area contributed by atoms with Crippen LogP contribution in [0, 0.1) is 28.1 Å². The highest BCUT2D eigenvalue weighted by atomic mass is 16.6. The van der Waals surface area contributed by atoms with Crippen LogP contribution in [0.4, 0.5) is 0 Å². The van der Waals surface area contributed by atoms with E-state index in [9.17, 15) is 10.2 Å². The van der Waals surface area contributed by atoms with Crippen molar-refractivity contribution in [3.8, 4) is 0 Å². The number of epoxide rings is 1. The zero-order chi connectivity index (χ0) is 16.7. The summed E-state index contributed by atoms with van der Waals surface area (Å²) in [6.45, 7) is 11.0. The molecule has 0 unspecified atom stereocenters. The Kier molecular flexibility index (Phi) is 3.23. The van der Waals surface area contributed by atoms with Crippen molar-refractivity contribution in [2.24, 2.45) is 28.1 Å². The van der Waals surface area contributed by atoms with Crippen LogP contribution in [-0.2, 0) is 4.74 Å². The van der Waals surface area contributed by atoms with Crippen LogP contribution in [0.25, 0.3) is 0 Å². The van der Waals surface area contributed by atoms with Gasteiger partial charge >= 0.3 is 0 Å². The van der Waals surface area contributed by atoms with Crippen molar-refractivity contribution in [1.29, 1.82) is 0 Å². The molecule has 1 heterocycles. The molecule has 3 saturated carbocycles. The fraction of sp³-hybridized carbons (Fsp3) is 0.900. The Labute approximate surface area is 140 Å². The van der Waals surface area contributed by atoms with Gasteiger partial charge in [0.1, 0.15) is 11.7 Å². The molecule has 3 nitrogen and oxygen atoms in total. The third kappa shape index (κ3) is 1.88. The Morgan fingerprint density at radius 1 is 1.22 bits per heavy atom. The van der Waals surface area contributed by atoms with Gasteiger partial charge < -0.3 is 14.9 Å². The van der Waals surface area contributed by atoms with E-state index in [-0.39, 0.29) is 40.5 Å². The Morgan fingerprint density at radius 2 is 1.96 bits per heavy atom. The summed E-state index contributed by atoms with van der Waals surface area (Å²) >= 11 is 0. The molecule has 23 heavy (non-hydrogen) atoms. The molecule has 0 aromatic rings. The zero-order valence-electron chi connectivity index (χ0n) is 14.8. The van der Waals surface area contributed by atoms with Crippen molar-refractivity contribution in [3.05, 3.63) is 12.7 Å². The topological polar surface area (TPSA) is 53.0 Å². The highest BCUT2D eigenvalue weighted by Crippen LogP contribution is 2.72. The first-order valence-corrected chi connectivity index (χ1v) is 9.35. The molecule has 0 amide bonds. The van der Waals surface area contributed by atoms with Gasteiger partial charge in [-0.05, 0) is 54.3 Å². The fourth-order valence-corrected chi connectivity index (χ4v) is 7.13. The molecular weight excluding hydrogens is 288 g/mol. The zero-order valence-corrected chi connectivity index (χ0v) is 14.8. The second-order valence-corrected chi connectivity index (χ2v) is 9.76. The van der Waals surface area contributed by atoms with E-state index in [2.05, 4.69) is 33.4 Å². The second-order valence-electron chi connectivity index (χ2n) is 9.76. The Morgan fingerprint density at radius 3 is 2.61 bits per heavy atom. The first-order valence-electron chi connectivity index (χ1n) is 9.35. The number of aliphatic hydroxyl groups excluding tert-OH is 2. The second kappa shape index (κ2) is 4.62. The number of rotatable bonds is 2. The molecule has 1 saturated heterocycles. The fourth-order valence-electron chi connectivity index (χ4n) is 7.13. The summed E-state index contributed by atoms with van der Waals surface area (Å²) in [6, 6.07) is 0. The van der Waals surface area contributed by atoms with E-state index < -0.39 is 6.10 Å². The molecule has 0 aromatic heterocycles. The van der Waals surface area contributed by atoms with Gasteiger partial charge in [0.2, 0.25) is 0 Å².